The summed E-state index contributed by atoms with van der Waals surface area (Å²) in [6.07, 6.45) is -2.83. The molecule has 8 nitrogen and oxygen atoms in total. The van der Waals surface area contributed by atoms with Gasteiger partial charge in [-0.05, 0) is 71.8 Å². The summed E-state index contributed by atoms with van der Waals surface area (Å²) < 4.78 is 46.4. The Morgan fingerprint density at radius 2 is 1.79 bits per heavy atom. The molecule has 11 heteroatoms. The number of amides is 2. The summed E-state index contributed by atoms with van der Waals surface area (Å²) in [7, 11) is 0. The van der Waals surface area contributed by atoms with Crippen LogP contribution < -0.4 is 5.32 Å². The lowest BCUT2D eigenvalue weighted by atomic mass is 9.80. The van der Waals surface area contributed by atoms with Gasteiger partial charge in [0.25, 0.3) is 0 Å². The van der Waals surface area contributed by atoms with Crippen LogP contribution in [-0.4, -0.2) is 62.9 Å². The Morgan fingerprint density at radius 3 is 2.42 bits per heavy atom. The molecule has 1 saturated carbocycles. The standard InChI is InChI=1S/C27H38F3N5O3/c1-16-10-11-34(24(36)14-31-25(37)38-26(3,4)5)15-20(16)22-12-17(2)32-23-13-21(33-35(22)23)18-6-8-19(9-7-18)27(28,29)30/h12-13,16,18-20H,6-11,14-15H2,1-5H3,(H,31,37)/t16-,18?,19?,20-/m1/s1. The number of alkyl carbamates (subject to hydrolysis) is 1. The molecule has 2 amide bonds. The molecule has 1 N–H and O–H groups in total. The average Bonchev–Trinajstić information content (AvgIpc) is 3.25. The third kappa shape index (κ3) is 6.58. The number of carbonyl (C=O) groups excluding carboxylic acids is 2. The molecule has 210 valence electrons. The van der Waals surface area contributed by atoms with E-state index in [1.54, 1.807) is 25.7 Å². The number of piperidine rings is 1. The van der Waals surface area contributed by atoms with Crippen molar-refractivity contribution in [2.24, 2.45) is 11.8 Å². The Labute approximate surface area is 221 Å². The molecule has 1 aliphatic carbocycles. The summed E-state index contributed by atoms with van der Waals surface area (Å²) in [5.41, 5.74) is 2.57. The maximum Gasteiger partial charge on any atom is 0.408 e. The van der Waals surface area contributed by atoms with Crippen molar-refractivity contribution in [1.82, 2.24) is 24.8 Å². The number of fused-ring (bicyclic) bond motifs is 1. The van der Waals surface area contributed by atoms with E-state index >= 15 is 0 Å². The van der Waals surface area contributed by atoms with E-state index in [1.165, 1.54) is 0 Å². The predicted molar refractivity (Wildman–Crippen MR) is 136 cm³/mol. The van der Waals surface area contributed by atoms with Crippen LogP contribution in [0.4, 0.5) is 18.0 Å². The first kappa shape index (κ1) is 28.2. The minimum Gasteiger partial charge on any atom is -0.444 e. The van der Waals surface area contributed by atoms with Gasteiger partial charge in [0.2, 0.25) is 5.91 Å². The SMILES string of the molecule is Cc1cc([C@@H]2CN(C(=O)CNC(=O)OC(C)(C)C)CC[C@H]2C)n2nc(C3CCC(C(F)(F)F)CC3)cc2n1. The van der Waals surface area contributed by atoms with E-state index < -0.39 is 23.8 Å². The van der Waals surface area contributed by atoms with Gasteiger partial charge < -0.3 is 15.0 Å². The molecule has 2 aromatic rings. The van der Waals surface area contributed by atoms with Gasteiger partial charge >= 0.3 is 12.3 Å². The van der Waals surface area contributed by atoms with Crippen LogP contribution in [0.25, 0.3) is 5.65 Å². The van der Waals surface area contributed by atoms with E-state index in [2.05, 4.69) is 17.2 Å². The molecule has 1 aliphatic heterocycles. The summed E-state index contributed by atoms with van der Waals surface area (Å²) in [5, 5.41) is 7.38. The van der Waals surface area contributed by atoms with Gasteiger partial charge in [-0.1, -0.05) is 6.92 Å². The first-order valence-electron chi connectivity index (χ1n) is 13.4. The molecule has 2 aliphatic rings. The molecule has 3 heterocycles. The molecule has 0 unspecified atom stereocenters. The van der Waals surface area contributed by atoms with Crippen LogP contribution in [0.2, 0.25) is 0 Å². The summed E-state index contributed by atoms with van der Waals surface area (Å²) in [4.78, 5) is 31.3. The molecule has 2 fully saturated rings. The zero-order chi connectivity index (χ0) is 27.8. The Hall–Kier alpha value is -2.85. The maximum absolute atomic E-state index is 13.1. The summed E-state index contributed by atoms with van der Waals surface area (Å²) in [6, 6.07) is 3.88. The number of halogens is 3. The van der Waals surface area contributed by atoms with E-state index in [-0.39, 0.29) is 43.0 Å². The van der Waals surface area contributed by atoms with Gasteiger partial charge in [-0.25, -0.2) is 14.3 Å². The topological polar surface area (TPSA) is 88.8 Å². The van der Waals surface area contributed by atoms with Gasteiger partial charge in [0, 0.05) is 36.7 Å². The zero-order valence-corrected chi connectivity index (χ0v) is 22.8. The minimum atomic E-state index is -4.14. The van der Waals surface area contributed by atoms with Crippen molar-refractivity contribution in [3.05, 3.63) is 29.2 Å². The quantitative estimate of drug-likeness (QED) is 0.568. The van der Waals surface area contributed by atoms with Crippen molar-refractivity contribution in [2.75, 3.05) is 19.6 Å². The number of aromatic nitrogens is 3. The largest absolute Gasteiger partial charge is 0.444 e. The van der Waals surface area contributed by atoms with Gasteiger partial charge in [-0.15, -0.1) is 0 Å². The summed E-state index contributed by atoms with van der Waals surface area (Å²) >= 11 is 0. The van der Waals surface area contributed by atoms with Gasteiger partial charge in [0.15, 0.2) is 5.65 Å². The molecular weight excluding hydrogens is 499 g/mol. The molecule has 0 bridgehead atoms. The monoisotopic (exact) mass is 537 g/mol. The predicted octanol–water partition coefficient (Wildman–Crippen LogP) is 5.35. The van der Waals surface area contributed by atoms with Gasteiger partial charge in [0.05, 0.1) is 17.3 Å². The van der Waals surface area contributed by atoms with Crippen molar-refractivity contribution in [3.63, 3.8) is 0 Å². The highest BCUT2D eigenvalue weighted by molar-refractivity contribution is 5.82. The van der Waals surface area contributed by atoms with E-state index in [1.807, 2.05) is 23.6 Å². The second-order valence-corrected chi connectivity index (χ2v) is 11.8. The van der Waals surface area contributed by atoms with Gasteiger partial charge in [0.1, 0.15) is 12.1 Å². The summed E-state index contributed by atoms with van der Waals surface area (Å²) in [5.74, 6) is -1.17. The molecule has 4 rings (SSSR count). The number of nitrogens with zero attached hydrogens (tertiary/aromatic N) is 4. The Kier molecular flexibility index (Phi) is 7.95. The van der Waals surface area contributed by atoms with Crippen molar-refractivity contribution >= 4 is 17.6 Å². The van der Waals surface area contributed by atoms with E-state index in [4.69, 9.17) is 9.84 Å². The van der Waals surface area contributed by atoms with Crippen molar-refractivity contribution in [1.29, 1.82) is 0 Å². The van der Waals surface area contributed by atoms with E-state index in [0.29, 0.717) is 31.6 Å². The minimum absolute atomic E-state index is 0.00728. The molecule has 2 atom stereocenters. The van der Waals surface area contributed by atoms with Gasteiger partial charge in [-0.2, -0.15) is 18.3 Å². The van der Waals surface area contributed by atoms with Crippen LogP contribution in [0.5, 0.6) is 0 Å². The van der Waals surface area contributed by atoms with Crippen LogP contribution in [0.1, 0.15) is 88.7 Å². The number of ether oxygens (including phenoxy) is 1. The smallest absolute Gasteiger partial charge is 0.408 e. The third-order valence-electron chi connectivity index (χ3n) is 7.68. The highest BCUT2D eigenvalue weighted by Crippen LogP contribution is 2.43. The van der Waals surface area contributed by atoms with Crippen molar-refractivity contribution < 1.29 is 27.5 Å². The highest BCUT2D eigenvalue weighted by Gasteiger charge is 2.42. The molecule has 2 aromatic heterocycles. The fourth-order valence-electron chi connectivity index (χ4n) is 5.58. The fraction of sp³-hybridized carbons (Fsp3) is 0.704. The Morgan fingerprint density at radius 1 is 1.11 bits per heavy atom. The first-order chi connectivity index (χ1) is 17.7. The number of likely N-dealkylation sites (tertiary alicyclic amines) is 1. The van der Waals surface area contributed by atoms with E-state index in [9.17, 15) is 22.8 Å². The van der Waals surface area contributed by atoms with Gasteiger partial charge in [-0.3, -0.25) is 4.79 Å². The first-order valence-corrected chi connectivity index (χ1v) is 13.4. The molecule has 0 aromatic carbocycles. The number of aryl methyl sites for hydroxylation is 1. The average molecular weight is 538 g/mol. The molecule has 38 heavy (non-hydrogen) atoms. The normalized spacial score (nSPS) is 24.9. The lowest BCUT2D eigenvalue weighted by Crippen LogP contribution is -2.47. The summed E-state index contributed by atoms with van der Waals surface area (Å²) in [6.45, 7) is 10.3. The molecular formula is C27H38F3N5O3. The van der Waals surface area contributed by atoms with Crippen LogP contribution in [0, 0.1) is 18.8 Å². The van der Waals surface area contributed by atoms with Crippen LogP contribution >= 0.6 is 0 Å². The maximum atomic E-state index is 13.1. The fourth-order valence-corrected chi connectivity index (χ4v) is 5.58. The lowest BCUT2D eigenvalue weighted by molar-refractivity contribution is -0.182. The number of alkyl halides is 3. The number of hydrogen-bond donors (Lipinski definition) is 1. The zero-order valence-electron chi connectivity index (χ0n) is 22.8. The number of rotatable bonds is 4. The Bertz CT molecular complexity index is 1170. The molecule has 1 saturated heterocycles. The van der Waals surface area contributed by atoms with E-state index in [0.717, 1.165) is 23.5 Å². The lowest BCUT2D eigenvalue weighted by Gasteiger charge is -2.37. The van der Waals surface area contributed by atoms with Crippen LogP contribution in [0.3, 0.4) is 0 Å². The van der Waals surface area contributed by atoms with Crippen LogP contribution in [-0.2, 0) is 9.53 Å². The molecule has 0 spiro atoms. The molecule has 0 radical (unpaired) electrons. The second kappa shape index (κ2) is 10.7. The highest BCUT2D eigenvalue weighted by atomic mass is 19.4. The Balaban J connectivity index is 1.49. The second-order valence-electron chi connectivity index (χ2n) is 11.8. The number of nitrogens with one attached hydrogen (secondary N) is 1. The van der Waals surface area contributed by atoms with Crippen molar-refractivity contribution in [2.45, 2.75) is 90.3 Å². The number of hydrogen-bond acceptors (Lipinski definition) is 5. The van der Waals surface area contributed by atoms with Crippen LogP contribution in [0.15, 0.2) is 12.1 Å². The van der Waals surface area contributed by atoms with Crippen molar-refractivity contribution in [3.8, 4) is 0 Å². The number of carbonyl (C=O) groups is 2. The third-order valence-corrected chi connectivity index (χ3v) is 7.68.